The van der Waals surface area contributed by atoms with Crippen LogP contribution in [0.5, 0.6) is 5.75 Å². The summed E-state index contributed by atoms with van der Waals surface area (Å²) in [6.07, 6.45) is 1.72. The number of hydrogen-bond donors (Lipinski definition) is 0. The molecule has 0 aliphatic carbocycles. The fraction of sp³-hybridized carbons (Fsp3) is 0.471. The third-order valence-corrected chi connectivity index (χ3v) is 4.67. The van der Waals surface area contributed by atoms with Crippen LogP contribution in [0.1, 0.15) is 36.0 Å². The Bertz CT molecular complexity index is 608. The SMILES string of the molecule is COc1ccc(C(=O)CC2C(=O)CCN3C(=O)CCC23)cc1. The summed E-state index contributed by atoms with van der Waals surface area (Å²) < 4.78 is 5.07. The molecule has 1 aromatic carbocycles. The molecule has 0 spiro atoms. The number of methoxy groups -OCH3 is 1. The van der Waals surface area contributed by atoms with Gasteiger partial charge in [0.1, 0.15) is 11.5 Å². The molecule has 2 atom stereocenters. The summed E-state index contributed by atoms with van der Waals surface area (Å²) in [5.41, 5.74) is 0.579. The lowest BCUT2D eigenvalue weighted by Gasteiger charge is -2.35. The quantitative estimate of drug-likeness (QED) is 0.796. The highest BCUT2D eigenvalue weighted by molar-refractivity contribution is 6.00. The van der Waals surface area contributed by atoms with Crippen LogP contribution in [0, 0.1) is 5.92 Å². The zero-order valence-corrected chi connectivity index (χ0v) is 12.6. The van der Waals surface area contributed by atoms with Crippen LogP contribution in [0.15, 0.2) is 24.3 Å². The topological polar surface area (TPSA) is 63.7 Å². The van der Waals surface area contributed by atoms with Crippen LogP contribution >= 0.6 is 0 Å². The number of hydrogen-bond acceptors (Lipinski definition) is 4. The van der Waals surface area contributed by atoms with Gasteiger partial charge < -0.3 is 9.64 Å². The van der Waals surface area contributed by atoms with Crippen molar-refractivity contribution in [3.05, 3.63) is 29.8 Å². The molecule has 0 bridgehead atoms. The fourth-order valence-electron chi connectivity index (χ4n) is 3.44. The van der Waals surface area contributed by atoms with E-state index in [4.69, 9.17) is 4.74 Å². The van der Waals surface area contributed by atoms with Gasteiger partial charge >= 0.3 is 0 Å². The highest BCUT2D eigenvalue weighted by atomic mass is 16.5. The molecule has 22 heavy (non-hydrogen) atoms. The molecule has 0 saturated carbocycles. The van der Waals surface area contributed by atoms with Crippen molar-refractivity contribution < 1.29 is 19.1 Å². The smallest absolute Gasteiger partial charge is 0.222 e. The van der Waals surface area contributed by atoms with Crippen molar-refractivity contribution in [2.45, 2.75) is 31.7 Å². The molecule has 1 amide bonds. The van der Waals surface area contributed by atoms with Crippen molar-refractivity contribution in [3.63, 3.8) is 0 Å². The number of fused-ring (bicyclic) bond motifs is 1. The van der Waals surface area contributed by atoms with E-state index >= 15 is 0 Å². The van der Waals surface area contributed by atoms with E-state index in [0.717, 1.165) is 0 Å². The maximum atomic E-state index is 12.4. The molecule has 2 saturated heterocycles. The van der Waals surface area contributed by atoms with E-state index in [1.54, 1.807) is 36.3 Å². The zero-order valence-electron chi connectivity index (χ0n) is 12.6. The number of amides is 1. The van der Waals surface area contributed by atoms with Gasteiger partial charge in [-0.25, -0.2) is 0 Å². The minimum atomic E-state index is -0.352. The van der Waals surface area contributed by atoms with E-state index in [0.29, 0.717) is 37.1 Å². The Kier molecular flexibility index (Phi) is 3.96. The summed E-state index contributed by atoms with van der Waals surface area (Å²) in [7, 11) is 1.57. The van der Waals surface area contributed by atoms with Gasteiger partial charge in [-0.15, -0.1) is 0 Å². The minimum Gasteiger partial charge on any atom is -0.497 e. The van der Waals surface area contributed by atoms with Crippen LogP contribution < -0.4 is 4.74 Å². The molecule has 1 aromatic rings. The van der Waals surface area contributed by atoms with Gasteiger partial charge in [0.05, 0.1) is 7.11 Å². The summed E-state index contributed by atoms with van der Waals surface area (Å²) in [5, 5.41) is 0. The Morgan fingerprint density at radius 3 is 2.64 bits per heavy atom. The van der Waals surface area contributed by atoms with E-state index < -0.39 is 0 Å². The summed E-state index contributed by atoms with van der Waals surface area (Å²) in [5.74, 6) is 0.507. The summed E-state index contributed by atoms with van der Waals surface area (Å²) >= 11 is 0. The second kappa shape index (κ2) is 5.91. The average molecular weight is 301 g/mol. The van der Waals surface area contributed by atoms with Crippen molar-refractivity contribution in [1.29, 1.82) is 0 Å². The number of carbonyl (C=O) groups is 3. The van der Waals surface area contributed by atoms with E-state index in [-0.39, 0.29) is 35.9 Å². The number of rotatable bonds is 4. The normalized spacial score (nSPS) is 24.3. The first kappa shape index (κ1) is 14.8. The molecule has 2 unspecified atom stereocenters. The van der Waals surface area contributed by atoms with Crippen molar-refractivity contribution in [2.75, 3.05) is 13.7 Å². The number of benzene rings is 1. The van der Waals surface area contributed by atoms with E-state index in [1.165, 1.54) is 0 Å². The van der Waals surface area contributed by atoms with Gasteiger partial charge in [0.2, 0.25) is 5.91 Å². The lowest BCUT2D eigenvalue weighted by molar-refractivity contribution is -0.136. The van der Waals surface area contributed by atoms with Crippen LogP contribution in [-0.2, 0) is 9.59 Å². The van der Waals surface area contributed by atoms with Crippen molar-refractivity contribution in [2.24, 2.45) is 5.92 Å². The second-order valence-electron chi connectivity index (χ2n) is 5.87. The lowest BCUT2D eigenvalue weighted by Crippen LogP contribution is -2.48. The molecular weight excluding hydrogens is 282 g/mol. The highest BCUT2D eigenvalue weighted by Gasteiger charge is 2.43. The Labute approximate surface area is 129 Å². The van der Waals surface area contributed by atoms with Crippen molar-refractivity contribution in [1.82, 2.24) is 4.90 Å². The maximum absolute atomic E-state index is 12.4. The van der Waals surface area contributed by atoms with Crippen molar-refractivity contribution in [3.8, 4) is 5.75 Å². The van der Waals surface area contributed by atoms with Crippen LogP contribution in [0.4, 0.5) is 0 Å². The number of ketones is 2. The zero-order chi connectivity index (χ0) is 15.7. The molecular formula is C17H19NO4. The Balaban J connectivity index is 1.74. The van der Waals surface area contributed by atoms with Gasteiger partial charge in [-0.05, 0) is 30.7 Å². The van der Waals surface area contributed by atoms with Gasteiger partial charge in [-0.3, -0.25) is 14.4 Å². The monoisotopic (exact) mass is 301 g/mol. The van der Waals surface area contributed by atoms with Crippen LogP contribution in [0.2, 0.25) is 0 Å². The molecule has 116 valence electrons. The molecule has 2 fully saturated rings. The Morgan fingerprint density at radius 2 is 1.95 bits per heavy atom. The molecule has 0 N–H and O–H groups in total. The van der Waals surface area contributed by atoms with Gasteiger partial charge in [0.25, 0.3) is 0 Å². The maximum Gasteiger partial charge on any atom is 0.222 e. The van der Waals surface area contributed by atoms with Gasteiger partial charge in [0, 0.05) is 43.3 Å². The molecule has 2 aliphatic rings. The Hall–Kier alpha value is -2.17. The first-order valence-corrected chi connectivity index (χ1v) is 7.59. The number of piperidine rings is 1. The van der Waals surface area contributed by atoms with E-state index in [2.05, 4.69) is 0 Å². The van der Waals surface area contributed by atoms with Crippen LogP contribution in [0.3, 0.4) is 0 Å². The van der Waals surface area contributed by atoms with Gasteiger partial charge in [-0.2, -0.15) is 0 Å². The highest BCUT2D eigenvalue weighted by Crippen LogP contribution is 2.33. The third-order valence-electron chi connectivity index (χ3n) is 4.67. The molecule has 2 aliphatic heterocycles. The predicted molar refractivity (Wildman–Crippen MR) is 79.8 cm³/mol. The molecule has 0 radical (unpaired) electrons. The summed E-state index contributed by atoms with van der Waals surface area (Å²) in [4.78, 5) is 38.2. The van der Waals surface area contributed by atoms with Crippen molar-refractivity contribution >= 4 is 17.5 Å². The average Bonchev–Trinajstić information content (AvgIpc) is 2.91. The number of Topliss-reactive ketones (excluding diaryl/α,β-unsaturated/α-hetero) is 2. The minimum absolute atomic E-state index is 0.0535. The van der Waals surface area contributed by atoms with E-state index in [1.807, 2.05) is 0 Å². The third kappa shape index (κ3) is 2.63. The number of carbonyl (C=O) groups excluding carboxylic acids is 3. The molecule has 3 rings (SSSR count). The fourth-order valence-corrected chi connectivity index (χ4v) is 3.44. The van der Waals surface area contributed by atoms with Crippen LogP contribution in [-0.4, -0.2) is 42.1 Å². The first-order valence-electron chi connectivity index (χ1n) is 7.59. The number of ether oxygens (including phenoxy) is 1. The first-order chi connectivity index (χ1) is 10.6. The molecule has 0 aromatic heterocycles. The van der Waals surface area contributed by atoms with Gasteiger partial charge in [-0.1, -0.05) is 0 Å². The molecule has 5 heteroatoms. The van der Waals surface area contributed by atoms with Gasteiger partial charge in [0.15, 0.2) is 5.78 Å². The van der Waals surface area contributed by atoms with Crippen LogP contribution in [0.25, 0.3) is 0 Å². The second-order valence-corrected chi connectivity index (χ2v) is 5.87. The molecule has 2 heterocycles. The Morgan fingerprint density at radius 1 is 1.23 bits per heavy atom. The lowest BCUT2D eigenvalue weighted by atomic mass is 9.83. The predicted octanol–water partition coefficient (Wildman–Crippen LogP) is 1.85. The standard InChI is InChI=1S/C17H19NO4/c1-22-12-4-2-11(3-5-12)16(20)10-13-14-6-7-17(21)18(14)9-8-15(13)19/h2-5,13-14H,6-10H2,1H3. The van der Waals surface area contributed by atoms with E-state index in [9.17, 15) is 14.4 Å². The largest absolute Gasteiger partial charge is 0.497 e. The molecule has 5 nitrogen and oxygen atoms in total. The number of nitrogens with zero attached hydrogens (tertiary/aromatic N) is 1. The summed E-state index contributed by atoms with van der Waals surface area (Å²) in [6.45, 7) is 0.509. The summed E-state index contributed by atoms with van der Waals surface area (Å²) in [6, 6.07) is 6.82.